The zero-order valence-electron chi connectivity index (χ0n) is 19.2. The highest BCUT2D eigenvalue weighted by atomic mass is 35.5. The van der Waals surface area contributed by atoms with Crippen LogP contribution in [-0.4, -0.2) is 35.7 Å². The number of carbonyl (C=O) groups is 1. The number of H-pyrrole nitrogens is 1. The van der Waals surface area contributed by atoms with Gasteiger partial charge in [0.1, 0.15) is 18.1 Å². The number of benzene rings is 2. The molecule has 8 heteroatoms. The summed E-state index contributed by atoms with van der Waals surface area (Å²) >= 11 is 0. The first-order chi connectivity index (χ1) is 15.6. The first kappa shape index (κ1) is 27.2. The number of aromatic nitrogens is 2. The van der Waals surface area contributed by atoms with Gasteiger partial charge in [-0.3, -0.25) is 4.98 Å². The lowest BCUT2D eigenvalue weighted by molar-refractivity contribution is 0.0520. The molecule has 0 radical (unpaired) electrons. The van der Waals surface area contributed by atoms with Gasteiger partial charge < -0.3 is 19.8 Å². The smallest absolute Gasteiger partial charge is 0.354 e. The maximum Gasteiger partial charge on any atom is 0.354 e. The first-order valence-corrected chi connectivity index (χ1v) is 10.8. The molecule has 0 spiro atoms. The number of nitrogens with zero attached hydrogens (tertiary/aromatic N) is 1. The predicted octanol–water partition coefficient (Wildman–Crippen LogP) is 5.73. The van der Waals surface area contributed by atoms with E-state index >= 15 is 0 Å². The summed E-state index contributed by atoms with van der Waals surface area (Å²) in [5.74, 6) is 0.348. The molecule has 0 aliphatic heterocycles. The van der Waals surface area contributed by atoms with Gasteiger partial charge in [0.15, 0.2) is 0 Å². The van der Waals surface area contributed by atoms with Crippen molar-refractivity contribution in [3.05, 3.63) is 83.8 Å². The number of fused-ring (bicyclic) bond motifs is 1. The van der Waals surface area contributed by atoms with Gasteiger partial charge in [0.25, 0.3) is 0 Å². The lowest BCUT2D eigenvalue weighted by Crippen LogP contribution is -2.20. The number of nitrogens with one attached hydrogen (secondary N) is 2. The van der Waals surface area contributed by atoms with Crippen molar-refractivity contribution in [1.82, 2.24) is 15.3 Å². The number of rotatable bonds is 9. The average Bonchev–Trinajstić information content (AvgIpc) is 3.25. The van der Waals surface area contributed by atoms with E-state index in [1.54, 1.807) is 13.0 Å². The minimum atomic E-state index is -0.363. The number of hydrogen-bond donors (Lipinski definition) is 2. The lowest BCUT2D eigenvalue weighted by Gasteiger charge is -2.09. The van der Waals surface area contributed by atoms with Crippen LogP contribution in [-0.2, 0) is 11.3 Å². The molecule has 0 atom stereocenters. The Kier molecular flexibility index (Phi) is 10.4. The van der Waals surface area contributed by atoms with E-state index in [2.05, 4.69) is 52.5 Å². The molecule has 0 amide bonds. The first-order valence-electron chi connectivity index (χ1n) is 10.8. The van der Waals surface area contributed by atoms with Gasteiger partial charge in [-0.25, -0.2) is 4.79 Å². The van der Waals surface area contributed by atoms with Crippen LogP contribution in [0.15, 0.2) is 67.0 Å². The third kappa shape index (κ3) is 6.73. The molecule has 2 aromatic heterocycles. The minimum Gasteiger partial charge on any atom is -0.490 e. The Bertz CT molecular complexity index is 1210. The molecule has 0 bridgehead atoms. The van der Waals surface area contributed by atoms with Crippen molar-refractivity contribution < 1.29 is 14.3 Å². The standard InChI is InChI=1S/C26H27N3O3.2ClH/c1-3-31-26(30)23-14-21-5-4-6-24(25(21)29-23)32-12-11-27-15-19-13-22(17-28-16-19)20-9-7-18(2)8-10-20;;/h4-10,13-14,16-17,27,29H,3,11-12,15H2,1-2H3;2*1H. The van der Waals surface area contributed by atoms with E-state index in [1.807, 2.05) is 30.6 Å². The third-order valence-electron chi connectivity index (χ3n) is 5.16. The predicted molar refractivity (Wildman–Crippen MR) is 140 cm³/mol. The van der Waals surface area contributed by atoms with Crippen molar-refractivity contribution in [1.29, 1.82) is 0 Å². The largest absolute Gasteiger partial charge is 0.490 e. The third-order valence-corrected chi connectivity index (χ3v) is 5.16. The zero-order valence-corrected chi connectivity index (χ0v) is 20.8. The Balaban J connectivity index is 0.00000204. The van der Waals surface area contributed by atoms with Gasteiger partial charge >= 0.3 is 5.97 Å². The normalized spacial score (nSPS) is 10.3. The van der Waals surface area contributed by atoms with Crippen molar-refractivity contribution in [3.63, 3.8) is 0 Å². The van der Waals surface area contributed by atoms with E-state index in [0.717, 1.165) is 27.6 Å². The fourth-order valence-corrected chi connectivity index (χ4v) is 3.52. The molecule has 34 heavy (non-hydrogen) atoms. The summed E-state index contributed by atoms with van der Waals surface area (Å²) in [6.45, 7) is 6.09. The quantitative estimate of drug-likeness (QED) is 0.226. The molecular formula is C26H29Cl2N3O3. The number of aryl methyl sites for hydroxylation is 1. The summed E-state index contributed by atoms with van der Waals surface area (Å²) in [7, 11) is 0. The second kappa shape index (κ2) is 13.0. The molecule has 2 N–H and O–H groups in total. The van der Waals surface area contributed by atoms with Gasteiger partial charge in [-0.1, -0.05) is 42.0 Å². The van der Waals surface area contributed by atoms with Crippen LogP contribution in [0.3, 0.4) is 0 Å². The van der Waals surface area contributed by atoms with Gasteiger partial charge in [-0.15, -0.1) is 24.8 Å². The Hall–Kier alpha value is -3.06. The Labute approximate surface area is 211 Å². The summed E-state index contributed by atoms with van der Waals surface area (Å²) in [6, 6.07) is 18.1. The molecule has 6 nitrogen and oxygen atoms in total. The van der Waals surface area contributed by atoms with Crippen LogP contribution in [0.2, 0.25) is 0 Å². The molecule has 0 aliphatic rings. The molecule has 0 fully saturated rings. The number of carbonyl (C=O) groups excluding carboxylic acids is 1. The van der Waals surface area contributed by atoms with Crippen LogP contribution in [0.25, 0.3) is 22.0 Å². The van der Waals surface area contributed by atoms with Gasteiger partial charge in [0, 0.05) is 36.4 Å². The van der Waals surface area contributed by atoms with E-state index in [4.69, 9.17) is 9.47 Å². The number of aromatic amines is 1. The molecule has 4 rings (SSSR count). The summed E-state index contributed by atoms with van der Waals surface area (Å²) in [6.07, 6.45) is 3.76. The molecule has 2 aromatic carbocycles. The van der Waals surface area contributed by atoms with Crippen molar-refractivity contribution in [2.24, 2.45) is 0 Å². The van der Waals surface area contributed by atoms with Crippen molar-refractivity contribution in [2.45, 2.75) is 20.4 Å². The monoisotopic (exact) mass is 501 g/mol. The van der Waals surface area contributed by atoms with E-state index in [0.29, 0.717) is 37.7 Å². The fraction of sp³-hybridized carbons (Fsp3) is 0.231. The van der Waals surface area contributed by atoms with E-state index < -0.39 is 0 Å². The summed E-state index contributed by atoms with van der Waals surface area (Å²) in [4.78, 5) is 19.5. The van der Waals surface area contributed by atoms with E-state index in [1.165, 1.54) is 5.56 Å². The Morgan fingerprint density at radius 2 is 1.82 bits per heavy atom. The van der Waals surface area contributed by atoms with E-state index in [-0.39, 0.29) is 30.8 Å². The van der Waals surface area contributed by atoms with Crippen LogP contribution >= 0.6 is 24.8 Å². The molecule has 0 saturated heterocycles. The summed E-state index contributed by atoms with van der Waals surface area (Å²) in [5, 5.41) is 4.31. The van der Waals surface area contributed by atoms with Crippen LogP contribution in [0, 0.1) is 6.92 Å². The maximum absolute atomic E-state index is 12.0. The highest BCUT2D eigenvalue weighted by Gasteiger charge is 2.12. The second-order valence-electron chi connectivity index (χ2n) is 7.60. The Morgan fingerprint density at radius 3 is 2.59 bits per heavy atom. The SMILES string of the molecule is CCOC(=O)c1cc2cccc(OCCNCc3cncc(-c4ccc(C)cc4)c3)c2[nH]1.Cl.Cl. The van der Waals surface area contributed by atoms with Crippen LogP contribution < -0.4 is 10.1 Å². The topological polar surface area (TPSA) is 76.2 Å². The van der Waals surface area contributed by atoms with Gasteiger partial charge in [-0.05, 0) is 43.2 Å². The summed E-state index contributed by atoms with van der Waals surface area (Å²) in [5.41, 5.74) is 5.86. The van der Waals surface area contributed by atoms with Gasteiger partial charge in [0.2, 0.25) is 0 Å². The number of esters is 1. The lowest BCUT2D eigenvalue weighted by atomic mass is 10.0. The number of ether oxygens (including phenoxy) is 2. The average molecular weight is 502 g/mol. The van der Waals surface area contributed by atoms with Crippen molar-refractivity contribution in [3.8, 4) is 16.9 Å². The number of halogens is 2. The second-order valence-corrected chi connectivity index (χ2v) is 7.60. The molecule has 0 unspecified atom stereocenters. The summed E-state index contributed by atoms with van der Waals surface area (Å²) < 4.78 is 11.0. The van der Waals surface area contributed by atoms with Crippen LogP contribution in [0.4, 0.5) is 0 Å². The molecule has 2 heterocycles. The number of pyridine rings is 1. The zero-order chi connectivity index (χ0) is 22.3. The van der Waals surface area contributed by atoms with Crippen LogP contribution in [0.1, 0.15) is 28.5 Å². The minimum absolute atomic E-state index is 0. The van der Waals surface area contributed by atoms with E-state index in [9.17, 15) is 4.79 Å². The van der Waals surface area contributed by atoms with Gasteiger partial charge in [-0.2, -0.15) is 0 Å². The molecule has 0 saturated carbocycles. The maximum atomic E-state index is 12.0. The molecule has 180 valence electrons. The fourth-order valence-electron chi connectivity index (χ4n) is 3.52. The Morgan fingerprint density at radius 1 is 1.03 bits per heavy atom. The number of para-hydroxylation sites is 1. The van der Waals surface area contributed by atoms with Gasteiger partial charge in [0.05, 0.1) is 12.1 Å². The highest BCUT2D eigenvalue weighted by molar-refractivity contribution is 5.96. The highest BCUT2D eigenvalue weighted by Crippen LogP contribution is 2.26. The van der Waals surface area contributed by atoms with Crippen LogP contribution in [0.5, 0.6) is 5.75 Å². The van der Waals surface area contributed by atoms with Crippen molar-refractivity contribution >= 4 is 41.7 Å². The molecule has 0 aliphatic carbocycles. The van der Waals surface area contributed by atoms with Crippen molar-refractivity contribution in [2.75, 3.05) is 19.8 Å². The number of hydrogen-bond acceptors (Lipinski definition) is 5. The molecular weight excluding hydrogens is 473 g/mol. The molecule has 4 aromatic rings.